The third-order valence-corrected chi connectivity index (χ3v) is 5.05. The summed E-state index contributed by atoms with van der Waals surface area (Å²) < 4.78 is 0. The number of fused-ring (bicyclic) bond motifs is 5. The normalized spacial score (nSPS) is 21.1. The van der Waals surface area contributed by atoms with Crippen LogP contribution in [0.5, 0.6) is 0 Å². The zero-order valence-electron chi connectivity index (χ0n) is 13.4. The van der Waals surface area contributed by atoms with Gasteiger partial charge >= 0.3 is 0 Å². The van der Waals surface area contributed by atoms with Crippen molar-refractivity contribution in [2.75, 3.05) is 4.90 Å². The molecule has 5 nitrogen and oxygen atoms in total. The number of nitrogens with zero attached hydrogens (tertiary/aromatic N) is 5. The van der Waals surface area contributed by atoms with Crippen molar-refractivity contribution in [3.63, 3.8) is 0 Å². The summed E-state index contributed by atoms with van der Waals surface area (Å²) in [4.78, 5) is 20.3. The van der Waals surface area contributed by atoms with Crippen LogP contribution in [0.4, 0.5) is 5.82 Å². The number of hydrogen-bond acceptors (Lipinski definition) is 5. The largest absolute Gasteiger partial charge is 0.342 e. The highest BCUT2D eigenvalue weighted by atomic mass is 15.3. The molecule has 4 heterocycles. The molecule has 0 amide bonds. The minimum Gasteiger partial charge on any atom is -0.342 e. The van der Waals surface area contributed by atoms with E-state index in [1.54, 1.807) is 18.5 Å². The van der Waals surface area contributed by atoms with Gasteiger partial charge in [0.15, 0.2) is 11.6 Å². The summed E-state index contributed by atoms with van der Waals surface area (Å²) in [5.74, 6) is 2.17. The van der Waals surface area contributed by atoms with Crippen molar-refractivity contribution in [3.8, 4) is 11.6 Å². The first kappa shape index (κ1) is 13.6. The Morgan fingerprint density at radius 1 is 0.875 bits per heavy atom. The first-order valence-electron chi connectivity index (χ1n) is 8.31. The van der Waals surface area contributed by atoms with E-state index in [0.29, 0.717) is 23.7 Å². The SMILES string of the molecule is Cc1cnc(-c2ncccn2)nc1N1C2CCC1c1ccccc12. The maximum Gasteiger partial charge on any atom is 0.199 e. The summed E-state index contributed by atoms with van der Waals surface area (Å²) >= 11 is 0. The molecule has 0 aliphatic carbocycles. The Kier molecular flexibility index (Phi) is 2.89. The van der Waals surface area contributed by atoms with Crippen LogP contribution in [0.15, 0.2) is 48.9 Å². The zero-order valence-corrected chi connectivity index (χ0v) is 13.4. The van der Waals surface area contributed by atoms with Crippen LogP contribution in [0.2, 0.25) is 0 Å². The zero-order chi connectivity index (χ0) is 16.1. The fourth-order valence-corrected chi connectivity index (χ4v) is 4.05. The van der Waals surface area contributed by atoms with Gasteiger partial charge in [-0.3, -0.25) is 0 Å². The second kappa shape index (κ2) is 5.09. The van der Waals surface area contributed by atoms with E-state index in [4.69, 9.17) is 4.98 Å². The number of benzene rings is 1. The summed E-state index contributed by atoms with van der Waals surface area (Å²) in [6, 6.07) is 11.4. The fourth-order valence-electron chi connectivity index (χ4n) is 4.05. The van der Waals surface area contributed by atoms with E-state index >= 15 is 0 Å². The van der Waals surface area contributed by atoms with E-state index in [0.717, 1.165) is 11.4 Å². The molecule has 0 saturated carbocycles. The van der Waals surface area contributed by atoms with Gasteiger partial charge in [0.25, 0.3) is 0 Å². The highest BCUT2D eigenvalue weighted by molar-refractivity contribution is 5.60. The monoisotopic (exact) mass is 315 g/mol. The van der Waals surface area contributed by atoms with Crippen LogP contribution in [0, 0.1) is 6.92 Å². The number of hydrogen-bond donors (Lipinski definition) is 0. The van der Waals surface area contributed by atoms with Crippen molar-refractivity contribution in [2.24, 2.45) is 0 Å². The Morgan fingerprint density at radius 2 is 1.54 bits per heavy atom. The Morgan fingerprint density at radius 3 is 2.21 bits per heavy atom. The molecule has 5 rings (SSSR count). The van der Waals surface area contributed by atoms with Crippen LogP contribution in [-0.2, 0) is 0 Å². The third-order valence-electron chi connectivity index (χ3n) is 5.05. The molecule has 2 aliphatic rings. The van der Waals surface area contributed by atoms with Gasteiger partial charge in [0.2, 0.25) is 0 Å². The van der Waals surface area contributed by atoms with Crippen molar-refractivity contribution in [1.29, 1.82) is 0 Å². The summed E-state index contributed by atoms with van der Waals surface area (Å²) in [5.41, 5.74) is 3.99. The van der Waals surface area contributed by atoms with E-state index in [9.17, 15) is 0 Å². The van der Waals surface area contributed by atoms with E-state index in [1.165, 1.54) is 24.0 Å². The number of aromatic nitrogens is 4. The van der Waals surface area contributed by atoms with Crippen LogP contribution in [-0.4, -0.2) is 19.9 Å². The molecule has 2 atom stereocenters. The van der Waals surface area contributed by atoms with Gasteiger partial charge in [0.05, 0.1) is 12.1 Å². The van der Waals surface area contributed by atoms with E-state index in [1.807, 2.05) is 6.20 Å². The molecule has 0 radical (unpaired) electrons. The Labute approximate surface area is 140 Å². The Bertz CT molecular complexity index is 878. The molecule has 1 aromatic carbocycles. The molecule has 0 N–H and O–H groups in total. The lowest BCUT2D eigenvalue weighted by Gasteiger charge is -2.25. The molecule has 1 fully saturated rings. The molecular weight excluding hydrogens is 298 g/mol. The predicted octanol–water partition coefficient (Wildman–Crippen LogP) is 3.64. The average molecular weight is 315 g/mol. The summed E-state index contributed by atoms with van der Waals surface area (Å²) in [7, 11) is 0. The summed E-state index contributed by atoms with van der Waals surface area (Å²) in [6.07, 6.45) is 7.70. The molecule has 5 heteroatoms. The van der Waals surface area contributed by atoms with Crippen LogP contribution in [0.25, 0.3) is 11.6 Å². The van der Waals surface area contributed by atoms with Gasteiger partial charge in [-0.05, 0) is 37.0 Å². The molecule has 2 aromatic heterocycles. The number of rotatable bonds is 2. The lowest BCUT2D eigenvalue weighted by atomic mass is 9.92. The quantitative estimate of drug-likeness (QED) is 0.722. The van der Waals surface area contributed by atoms with Crippen molar-refractivity contribution in [2.45, 2.75) is 31.8 Å². The Hall–Kier alpha value is -2.82. The summed E-state index contributed by atoms with van der Waals surface area (Å²) in [5, 5.41) is 0. The van der Waals surface area contributed by atoms with Crippen molar-refractivity contribution >= 4 is 5.82 Å². The maximum absolute atomic E-state index is 4.84. The van der Waals surface area contributed by atoms with E-state index in [-0.39, 0.29) is 0 Å². The molecule has 118 valence electrons. The van der Waals surface area contributed by atoms with Crippen LogP contribution < -0.4 is 4.90 Å². The van der Waals surface area contributed by atoms with Crippen molar-refractivity contribution < 1.29 is 0 Å². The van der Waals surface area contributed by atoms with Crippen LogP contribution >= 0.6 is 0 Å². The summed E-state index contributed by atoms with van der Waals surface area (Å²) in [6.45, 7) is 2.08. The van der Waals surface area contributed by atoms with Crippen molar-refractivity contribution in [1.82, 2.24) is 19.9 Å². The predicted molar refractivity (Wildman–Crippen MR) is 91.4 cm³/mol. The molecule has 2 unspecified atom stereocenters. The van der Waals surface area contributed by atoms with Gasteiger partial charge in [-0.15, -0.1) is 0 Å². The lowest BCUT2D eigenvalue weighted by molar-refractivity contribution is 0.717. The standard InChI is InChI=1S/C19H17N5/c1-12-11-22-18(17-20-9-4-10-21-17)23-19(12)24-15-7-8-16(24)14-6-3-2-5-13(14)15/h2-6,9-11,15-16H,7-8H2,1H3. The average Bonchev–Trinajstić information content (AvgIpc) is 3.20. The fraction of sp³-hybridized carbons (Fsp3) is 0.263. The van der Waals surface area contributed by atoms with E-state index < -0.39 is 0 Å². The van der Waals surface area contributed by atoms with Gasteiger partial charge in [-0.1, -0.05) is 24.3 Å². The van der Waals surface area contributed by atoms with Gasteiger partial charge in [0, 0.05) is 24.2 Å². The minimum atomic E-state index is 0.421. The molecule has 2 bridgehead atoms. The van der Waals surface area contributed by atoms with Gasteiger partial charge in [0.1, 0.15) is 5.82 Å². The minimum absolute atomic E-state index is 0.421. The second-order valence-corrected chi connectivity index (χ2v) is 6.42. The molecule has 3 aromatic rings. The van der Waals surface area contributed by atoms with Gasteiger partial charge < -0.3 is 4.90 Å². The van der Waals surface area contributed by atoms with Gasteiger partial charge in [-0.25, -0.2) is 19.9 Å². The second-order valence-electron chi connectivity index (χ2n) is 6.42. The first-order chi connectivity index (χ1) is 11.8. The number of anilines is 1. The smallest absolute Gasteiger partial charge is 0.199 e. The molecule has 24 heavy (non-hydrogen) atoms. The topological polar surface area (TPSA) is 54.8 Å². The third kappa shape index (κ3) is 1.87. The first-order valence-corrected chi connectivity index (χ1v) is 8.31. The molecule has 0 spiro atoms. The van der Waals surface area contributed by atoms with Gasteiger partial charge in [-0.2, -0.15) is 0 Å². The van der Waals surface area contributed by atoms with Crippen LogP contribution in [0.1, 0.15) is 41.6 Å². The molecular formula is C19H17N5. The molecule has 1 saturated heterocycles. The lowest BCUT2D eigenvalue weighted by Crippen LogP contribution is -2.21. The van der Waals surface area contributed by atoms with Crippen molar-refractivity contribution in [3.05, 3.63) is 65.6 Å². The number of aryl methyl sites for hydroxylation is 1. The van der Waals surface area contributed by atoms with Crippen LogP contribution in [0.3, 0.4) is 0 Å². The highest BCUT2D eigenvalue weighted by Crippen LogP contribution is 2.54. The molecule has 2 aliphatic heterocycles. The van der Waals surface area contributed by atoms with E-state index in [2.05, 4.69) is 51.0 Å². The maximum atomic E-state index is 4.84. The highest BCUT2D eigenvalue weighted by Gasteiger charge is 2.44. The Balaban J connectivity index is 1.61.